The number of nitrogens with two attached hydrogens (primary N) is 1. The maximum atomic E-state index is 8.51. The van der Waals surface area contributed by atoms with E-state index in [1.165, 1.54) is 18.0 Å². The second-order valence-corrected chi connectivity index (χ2v) is 2.77. The highest BCUT2D eigenvalue weighted by atomic mass is 32.2. The molecule has 1 heterocycles. The molecular formula is C7H7N3S. The molecule has 0 aromatic carbocycles. The predicted octanol–water partition coefficient (Wildman–Crippen LogP) is 1.26. The van der Waals surface area contributed by atoms with Gasteiger partial charge in [-0.2, -0.15) is 5.26 Å². The summed E-state index contributed by atoms with van der Waals surface area (Å²) in [7, 11) is 0. The van der Waals surface area contributed by atoms with Gasteiger partial charge in [-0.1, -0.05) is 0 Å². The fourth-order valence-electron chi connectivity index (χ4n) is 0.680. The monoisotopic (exact) mass is 165 g/mol. The van der Waals surface area contributed by atoms with Gasteiger partial charge < -0.3 is 5.73 Å². The number of hydrogen-bond donors (Lipinski definition) is 1. The summed E-state index contributed by atoms with van der Waals surface area (Å²) < 4.78 is 0. The average Bonchev–Trinajstić information content (AvgIpc) is 2.05. The van der Waals surface area contributed by atoms with Gasteiger partial charge in [0.1, 0.15) is 11.9 Å². The van der Waals surface area contributed by atoms with Gasteiger partial charge in [0.15, 0.2) is 0 Å². The largest absolute Gasteiger partial charge is 0.383 e. The second kappa shape index (κ2) is 3.26. The first-order chi connectivity index (χ1) is 5.27. The molecule has 56 valence electrons. The van der Waals surface area contributed by atoms with Crippen molar-refractivity contribution in [2.75, 3.05) is 12.0 Å². The summed E-state index contributed by atoms with van der Waals surface area (Å²) in [6, 6.07) is 3.73. The van der Waals surface area contributed by atoms with Crippen molar-refractivity contribution in [1.29, 1.82) is 5.26 Å². The standard InChI is InChI=1S/C7H7N3S/c1-11-6-2-5(3-8)4-10-7(6)9/h2,4H,1H3,(H2,9,10). The van der Waals surface area contributed by atoms with Gasteiger partial charge in [0.05, 0.1) is 10.5 Å². The van der Waals surface area contributed by atoms with E-state index in [0.29, 0.717) is 11.4 Å². The van der Waals surface area contributed by atoms with Crippen LogP contribution >= 0.6 is 11.8 Å². The minimum absolute atomic E-state index is 0.483. The summed E-state index contributed by atoms with van der Waals surface area (Å²) in [5.74, 6) is 0.483. The fraction of sp³-hybridized carbons (Fsp3) is 0.143. The van der Waals surface area contributed by atoms with E-state index < -0.39 is 0 Å². The van der Waals surface area contributed by atoms with Crippen LogP contribution in [0.1, 0.15) is 5.56 Å². The summed E-state index contributed by atoms with van der Waals surface area (Å²) in [6.45, 7) is 0. The Bertz CT molecular complexity index is 303. The zero-order chi connectivity index (χ0) is 8.27. The highest BCUT2D eigenvalue weighted by Gasteiger charge is 1.99. The molecule has 3 nitrogen and oxygen atoms in total. The van der Waals surface area contributed by atoms with Gasteiger partial charge in [-0.05, 0) is 12.3 Å². The van der Waals surface area contributed by atoms with Gasteiger partial charge in [-0.15, -0.1) is 11.8 Å². The zero-order valence-electron chi connectivity index (χ0n) is 6.03. The minimum atomic E-state index is 0.483. The Balaban J connectivity index is 3.15. The van der Waals surface area contributed by atoms with Gasteiger partial charge in [0, 0.05) is 6.20 Å². The molecule has 1 rings (SSSR count). The van der Waals surface area contributed by atoms with Gasteiger partial charge >= 0.3 is 0 Å². The van der Waals surface area contributed by atoms with Crippen molar-refractivity contribution >= 4 is 17.6 Å². The van der Waals surface area contributed by atoms with E-state index in [-0.39, 0.29) is 0 Å². The number of aromatic nitrogens is 1. The summed E-state index contributed by atoms with van der Waals surface area (Å²) >= 11 is 1.49. The van der Waals surface area contributed by atoms with E-state index in [4.69, 9.17) is 11.0 Å². The lowest BCUT2D eigenvalue weighted by Gasteiger charge is -1.99. The van der Waals surface area contributed by atoms with Crippen LogP contribution in [0.2, 0.25) is 0 Å². The third kappa shape index (κ3) is 1.63. The number of hydrogen-bond acceptors (Lipinski definition) is 4. The van der Waals surface area contributed by atoms with Crippen molar-refractivity contribution in [2.24, 2.45) is 0 Å². The van der Waals surface area contributed by atoms with Crippen LogP contribution in [-0.4, -0.2) is 11.2 Å². The first kappa shape index (κ1) is 7.89. The third-order valence-corrected chi connectivity index (χ3v) is 2.00. The van der Waals surface area contributed by atoms with Crippen molar-refractivity contribution in [2.45, 2.75) is 4.90 Å². The lowest BCUT2D eigenvalue weighted by Crippen LogP contribution is -1.92. The van der Waals surface area contributed by atoms with Crippen molar-refractivity contribution in [3.05, 3.63) is 17.8 Å². The van der Waals surface area contributed by atoms with Crippen LogP contribution in [0.15, 0.2) is 17.2 Å². The van der Waals surface area contributed by atoms with E-state index in [0.717, 1.165) is 4.90 Å². The maximum absolute atomic E-state index is 8.51. The summed E-state index contributed by atoms with van der Waals surface area (Å²) in [5, 5.41) is 8.51. The van der Waals surface area contributed by atoms with E-state index in [9.17, 15) is 0 Å². The molecule has 0 aliphatic carbocycles. The molecule has 0 saturated carbocycles. The molecular weight excluding hydrogens is 158 g/mol. The molecule has 0 unspecified atom stereocenters. The van der Waals surface area contributed by atoms with E-state index in [1.807, 2.05) is 12.3 Å². The Morgan fingerprint density at radius 3 is 3.00 bits per heavy atom. The van der Waals surface area contributed by atoms with Crippen LogP contribution < -0.4 is 5.73 Å². The first-order valence-corrected chi connectivity index (χ1v) is 4.20. The van der Waals surface area contributed by atoms with E-state index in [2.05, 4.69) is 4.98 Å². The summed E-state index contributed by atoms with van der Waals surface area (Å²) in [6.07, 6.45) is 3.36. The molecule has 0 aliphatic rings. The maximum Gasteiger partial charge on any atom is 0.137 e. The highest BCUT2D eigenvalue weighted by Crippen LogP contribution is 2.20. The predicted molar refractivity (Wildman–Crippen MR) is 45.1 cm³/mol. The highest BCUT2D eigenvalue weighted by molar-refractivity contribution is 7.98. The molecule has 0 saturated heterocycles. The zero-order valence-corrected chi connectivity index (χ0v) is 6.85. The van der Waals surface area contributed by atoms with Gasteiger partial charge in [-0.25, -0.2) is 4.98 Å². The number of pyridine rings is 1. The molecule has 4 heteroatoms. The number of nitrogens with zero attached hydrogens (tertiary/aromatic N) is 2. The van der Waals surface area contributed by atoms with E-state index >= 15 is 0 Å². The Labute approximate surface area is 69.2 Å². The van der Waals surface area contributed by atoms with Crippen LogP contribution in [0, 0.1) is 11.3 Å². The Hall–Kier alpha value is -1.21. The van der Waals surface area contributed by atoms with Crippen LogP contribution in [0.25, 0.3) is 0 Å². The molecule has 0 spiro atoms. The van der Waals surface area contributed by atoms with Crippen molar-refractivity contribution in [3.8, 4) is 6.07 Å². The SMILES string of the molecule is CSc1cc(C#N)cnc1N. The molecule has 1 aromatic heterocycles. The van der Waals surface area contributed by atoms with Crippen molar-refractivity contribution in [3.63, 3.8) is 0 Å². The van der Waals surface area contributed by atoms with Gasteiger partial charge in [0.2, 0.25) is 0 Å². The third-order valence-electron chi connectivity index (χ3n) is 1.23. The second-order valence-electron chi connectivity index (χ2n) is 1.92. The van der Waals surface area contributed by atoms with Crippen LogP contribution in [0.4, 0.5) is 5.82 Å². The fourth-order valence-corrected chi connectivity index (χ4v) is 1.19. The molecule has 0 aliphatic heterocycles. The molecule has 0 amide bonds. The lowest BCUT2D eigenvalue weighted by atomic mass is 10.3. The normalized spacial score (nSPS) is 9.09. The van der Waals surface area contributed by atoms with Crippen molar-refractivity contribution in [1.82, 2.24) is 4.98 Å². The molecule has 0 bridgehead atoms. The number of rotatable bonds is 1. The average molecular weight is 165 g/mol. The van der Waals surface area contributed by atoms with Gasteiger partial charge in [-0.3, -0.25) is 0 Å². The summed E-state index contributed by atoms with van der Waals surface area (Å²) in [5.41, 5.74) is 6.06. The topological polar surface area (TPSA) is 62.7 Å². The quantitative estimate of drug-likeness (QED) is 0.636. The molecule has 11 heavy (non-hydrogen) atoms. The number of nitrogen functional groups attached to an aromatic ring is 1. The molecule has 0 radical (unpaired) electrons. The number of anilines is 1. The number of nitriles is 1. The first-order valence-electron chi connectivity index (χ1n) is 2.97. The van der Waals surface area contributed by atoms with E-state index in [1.54, 1.807) is 6.07 Å². The van der Waals surface area contributed by atoms with Gasteiger partial charge in [0.25, 0.3) is 0 Å². The molecule has 1 aromatic rings. The number of thioether (sulfide) groups is 1. The molecule has 0 fully saturated rings. The lowest BCUT2D eigenvalue weighted by molar-refractivity contribution is 1.23. The molecule has 2 N–H and O–H groups in total. The Morgan fingerprint density at radius 2 is 2.45 bits per heavy atom. The Kier molecular flexibility index (Phi) is 2.34. The Morgan fingerprint density at radius 1 is 1.73 bits per heavy atom. The smallest absolute Gasteiger partial charge is 0.137 e. The van der Waals surface area contributed by atoms with Crippen LogP contribution in [0.3, 0.4) is 0 Å². The van der Waals surface area contributed by atoms with Crippen molar-refractivity contribution < 1.29 is 0 Å². The molecule has 0 atom stereocenters. The summed E-state index contributed by atoms with van der Waals surface area (Å²) in [4.78, 5) is 4.71. The van der Waals surface area contributed by atoms with Crippen LogP contribution in [-0.2, 0) is 0 Å². The van der Waals surface area contributed by atoms with Crippen LogP contribution in [0.5, 0.6) is 0 Å². The minimum Gasteiger partial charge on any atom is -0.383 e.